The Morgan fingerprint density at radius 1 is 1.67 bits per heavy atom. The van der Waals surface area contributed by atoms with E-state index in [1.54, 1.807) is 11.8 Å². The summed E-state index contributed by atoms with van der Waals surface area (Å²) in [6.07, 6.45) is 3.94. The van der Waals surface area contributed by atoms with Gasteiger partial charge in [-0.1, -0.05) is 11.8 Å². The summed E-state index contributed by atoms with van der Waals surface area (Å²) in [7, 11) is 0. The second-order valence-corrected chi connectivity index (χ2v) is 2.95. The van der Waals surface area contributed by atoms with Crippen molar-refractivity contribution in [3.63, 3.8) is 0 Å². The Labute approximate surface area is 57.5 Å². The van der Waals surface area contributed by atoms with Crippen molar-refractivity contribution in [3.05, 3.63) is 22.8 Å². The van der Waals surface area contributed by atoms with Crippen molar-refractivity contribution < 1.29 is 0 Å². The first-order valence-corrected chi connectivity index (χ1v) is 3.61. The fourth-order valence-corrected chi connectivity index (χ4v) is 1.73. The molecule has 0 aromatic rings. The minimum Gasteiger partial charge on any atom is -0.399 e. The Bertz CT molecular complexity index is 227. The van der Waals surface area contributed by atoms with E-state index in [0.717, 1.165) is 5.70 Å². The molecule has 46 valence electrons. The summed E-state index contributed by atoms with van der Waals surface area (Å²) in [5, 5.41) is 0. The Morgan fingerprint density at radius 3 is 3.33 bits per heavy atom. The highest BCUT2D eigenvalue weighted by Gasteiger charge is 2.19. The number of hydrogen-bond acceptors (Lipinski definition) is 3. The third-order valence-corrected chi connectivity index (χ3v) is 2.22. The van der Waals surface area contributed by atoms with Crippen LogP contribution in [0.1, 0.15) is 0 Å². The monoisotopic (exact) mass is 138 g/mol. The van der Waals surface area contributed by atoms with Gasteiger partial charge in [-0.3, -0.25) is 4.99 Å². The molecule has 0 bridgehead atoms. The van der Waals surface area contributed by atoms with E-state index in [0.29, 0.717) is 0 Å². The summed E-state index contributed by atoms with van der Waals surface area (Å²) in [5.41, 5.74) is 8.23. The number of fused-ring (bicyclic) bond motifs is 1. The number of rotatable bonds is 0. The molecule has 3 heteroatoms. The highest BCUT2D eigenvalue weighted by Crippen LogP contribution is 2.31. The van der Waals surface area contributed by atoms with Crippen LogP contribution in [0, 0.1) is 0 Å². The molecule has 2 nitrogen and oxygen atoms in total. The molecule has 1 aliphatic heterocycles. The lowest BCUT2D eigenvalue weighted by Crippen LogP contribution is -1.93. The molecule has 0 aromatic carbocycles. The molecule has 0 aromatic heterocycles. The zero-order valence-corrected chi connectivity index (χ0v) is 5.56. The molecule has 2 aliphatic rings. The number of hydrogen-bond donors (Lipinski definition) is 1. The second-order valence-electron chi connectivity index (χ2n) is 2.03. The smallest absolute Gasteiger partial charge is 0.102 e. The summed E-state index contributed by atoms with van der Waals surface area (Å²) in [4.78, 5) is 5.42. The van der Waals surface area contributed by atoms with Crippen LogP contribution in [0.5, 0.6) is 0 Å². The van der Waals surface area contributed by atoms with Gasteiger partial charge in [0.2, 0.25) is 0 Å². The number of aliphatic imine (C=N–C) groups is 1. The number of allylic oxidation sites excluding steroid dienone is 1. The average molecular weight is 138 g/mol. The Kier molecular flexibility index (Phi) is 0.931. The van der Waals surface area contributed by atoms with Crippen LogP contribution in [-0.2, 0) is 0 Å². The molecule has 0 fully saturated rings. The molecule has 0 spiro atoms. The summed E-state index contributed by atoms with van der Waals surface area (Å²) < 4.78 is 0. The van der Waals surface area contributed by atoms with Crippen LogP contribution in [0.3, 0.4) is 0 Å². The standard InChI is InChI=1S/C6H6N2S/c7-4-1-5-6(2-4)9-3-8-5/h1-3,5H,7H2. The molecule has 2 N–H and O–H groups in total. The van der Waals surface area contributed by atoms with Crippen LogP contribution in [-0.4, -0.2) is 11.6 Å². The van der Waals surface area contributed by atoms with Crippen molar-refractivity contribution in [1.82, 2.24) is 0 Å². The third-order valence-electron chi connectivity index (χ3n) is 1.36. The van der Waals surface area contributed by atoms with Crippen LogP contribution >= 0.6 is 11.8 Å². The van der Waals surface area contributed by atoms with Gasteiger partial charge in [-0.15, -0.1) is 0 Å². The fourth-order valence-electron chi connectivity index (χ4n) is 0.939. The summed E-state index contributed by atoms with van der Waals surface area (Å²) in [5.74, 6) is 0. The van der Waals surface area contributed by atoms with Crippen molar-refractivity contribution in [1.29, 1.82) is 0 Å². The Hall–Kier alpha value is -0.700. The van der Waals surface area contributed by atoms with Gasteiger partial charge < -0.3 is 5.73 Å². The Balaban J connectivity index is 2.37. The largest absolute Gasteiger partial charge is 0.399 e. The maximum absolute atomic E-state index is 5.52. The van der Waals surface area contributed by atoms with Gasteiger partial charge in [0.15, 0.2) is 0 Å². The van der Waals surface area contributed by atoms with E-state index in [4.69, 9.17) is 5.73 Å². The van der Waals surface area contributed by atoms with E-state index in [2.05, 4.69) is 4.99 Å². The van der Waals surface area contributed by atoms with E-state index in [1.807, 2.05) is 17.7 Å². The molecule has 1 heterocycles. The molecule has 0 saturated heterocycles. The first kappa shape index (κ1) is 5.11. The quantitative estimate of drug-likeness (QED) is 0.539. The third kappa shape index (κ3) is 0.685. The van der Waals surface area contributed by atoms with Gasteiger partial charge in [-0.2, -0.15) is 0 Å². The van der Waals surface area contributed by atoms with Gasteiger partial charge in [0, 0.05) is 10.6 Å². The fraction of sp³-hybridized carbons (Fsp3) is 0.167. The van der Waals surface area contributed by atoms with Gasteiger partial charge in [0.1, 0.15) is 6.04 Å². The summed E-state index contributed by atoms with van der Waals surface area (Å²) in [6.45, 7) is 0. The van der Waals surface area contributed by atoms with Crippen molar-refractivity contribution in [2.75, 3.05) is 0 Å². The minimum absolute atomic E-state index is 0.259. The first-order chi connectivity index (χ1) is 4.36. The second kappa shape index (κ2) is 1.64. The van der Waals surface area contributed by atoms with Crippen LogP contribution in [0.4, 0.5) is 0 Å². The molecule has 0 radical (unpaired) electrons. The van der Waals surface area contributed by atoms with Crippen molar-refractivity contribution in [3.8, 4) is 0 Å². The number of nitrogens with zero attached hydrogens (tertiary/aromatic N) is 1. The van der Waals surface area contributed by atoms with Crippen molar-refractivity contribution >= 4 is 17.3 Å². The highest BCUT2D eigenvalue weighted by molar-refractivity contribution is 8.15. The molecular weight excluding hydrogens is 132 g/mol. The van der Waals surface area contributed by atoms with E-state index < -0.39 is 0 Å². The number of nitrogens with two attached hydrogens (primary N) is 1. The van der Waals surface area contributed by atoms with Crippen LogP contribution < -0.4 is 5.73 Å². The SMILES string of the molecule is NC1=CC2N=CSC2=C1. The predicted octanol–water partition coefficient (Wildman–Crippen LogP) is 0.870. The highest BCUT2D eigenvalue weighted by atomic mass is 32.2. The molecule has 1 unspecified atom stereocenters. The maximum atomic E-state index is 5.52. The lowest BCUT2D eigenvalue weighted by Gasteiger charge is -1.92. The van der Waals surface area contributed by atoms with Crippen LogP contribution in [0.2, 0.25) is 0 Å². The molecule has 0 amide bonds. The molecule has 1 atom stereocenters. The lowest BCUT2D eigenvalue weighted by atomic mass is 10.3. The lowest BCUT2D eigenvalue weighted by molar-refractivity contribution is 1.05. The average Bonchev–Trinajstić information content (AvgIpc) is 2.22. The van der Waals surface area contributed by atoms with Crippen molar-refractivity contribution in [2.45, 2.75) is 6.04 Å². The van der Waals surface area contributed by atoms with Gasteiger partial charge in [0.25, 0.3) is 0 Å². The normalized spacial score (nSPS) is 30.0. The molecule has 9 heavy (non-hydrogen) atoms. The van der Waals surface area contributed by atoms with Crippen LogP contribution in [0.15, 0.2) is 27.7 Å². The van der Waals surface area contributed by atoms with E-state index in [1.165, 1.54) is 4.91 Å². The van der Waals surface area contributed by atoms with E-state index in [-0.39, 0.29) is 6.04 Å². The molecule has 2 rings (SSSR count). The molecular formula is C6H6N2S. The number of thioether (sulfide) groups is 1. The molecule has 1 aliphatic carbocycles. The van der Waals surface area contributed by atoms with E-state index in [9.17, 15) is 0 Å². The van der Waals surface area contributed by atoms with Gasteiger partial charge in [-0.05, 0) is 12.2 Å². The van der Waals surface area contributed by atoms with Crippen LogP contribution in [0.25, 0.3) is 0 Å². The van der Waals surface area contributed by atoms with E-state index >= 15 is 0 Å². The van der Waals surface area contributed by atoms with Crippen molar-refractivity contribution in [2.24, 2.45) is 10.7 Å². The van der Waals surface area contributed by atoms with Gasteiger partial charge in [-0.25, -0.2) is 0 Å². The maximum Gasteiger partial charge on any atom is 0.102 e. The predicted molar refractivity (Wildman–Crippen MR) is 40.2 cm³/mol. The van der Waals surface area contributed by atoms with Gasteiger partial charge in [0.05, 0.1) is 5.55 Å². The van der Waals surface area contributed by atoms with Gasteiger partial charge >= 0.3 is 0 Å². The summed E-state index contributed by atoms with van der Waals surface area (Å²) >= 11 is 1.65. The molecule has 0 saturated carbocycles. The Morgan fingerprint density at radius 2 is 2.56 bits per heavy atom. The first-order valence-electron chi connectivity index (χ1n) is 2.73. The zero-order chi connectivity index (χ0) is 6.27. The zero-order valence-electron chi connectivity index (χ0n) is 4.74. The summed E-state index contributed by atoms with van der Waals surface area (Å²) in [6, 6.07) is 0.259. The minimum atomic E-state index is 0.259. The topological polar surface area (TPSA) is 38.4 Å².